The molecule has 2 aliphatic rings. The zero-order chi connectivity index (χ0) is 21.3. The predicted octanol–water partition coefficient (Wildman–Crippen LogP) is 1.16. The van der Waals surface area contributed by atoms with Gasteiger partial charge in [0.1, 0.15) is 5.75 Å². The first-order valence-electron chi connectivity index (χ1n) is 9.10. The second-order valence-corrected chi connectivity index (χ2v) is 9.42. The lowest BCUT2D eigenvalue weighted by atomic mass is 10.2. The number of hydrogen-bond acceptors (Lipinski definition) is 7. The van der Waals surface area contributed by atoms with Crippen molar-refractivity contribution in [3.05, 3.63) is 53.6 Å². The van der Waals surface area contributed by atoms with Crippen LogP contribution in [-0.4, -0.2) is 55.9 Å². The SMILES string of the molecule is O=C(NCCNC(=O)c1ccc2c(c1)SC1=NS(=O)(=O)CCN12)c1ccc(O)cc1. The van der Waals surface area contributed by atoms with E-state index in [1.165, 1.54) is 36.0 Å². The molecular formula is C19H18N4O5S2. The summed E-state index contributed by atoms with van der Waals surface area (Å²) in [6, 6.07) is 11.0. The molecule has 0 fully saturated rings. The number of fused-ring (bicyclic) bond motifs is 3. The number of benzene rings is 2. The Hall–Kier alpha value is -3.05. The Morgan fingerprint density at radius 2 is 1.67 bits per heavy atom. The number of anilines is 1. The third-order valence-electron chi connectivity index (χ3n) is 4.56. The van der Waals surface area contributed by atoms with E-state index in [1.54, 1.807) is 18.2 Å². The Bertz CT molecular complexity index is 1150. The molecule has 2 heterocycles. The van der Waals surface area contributed by atoms with Gasteiger partial charge in [0.25, 0.3) is 21.8 Å². The van der Waals surface area contributed by atoms with Gasteiger partial charge in [0.15, 0.2) is 5.17 Å². The molecule has 0 saturated carbocycles. The highest BCUT2D eigenvalue weighted by Crippen LogP contribution is 2.42. The maximum Gasteiger partial charge on any atom is 0.257 e. The van der Waals surface area contributed by atoms with Crippen molar-refractivity contribution in [1.82, 2.24) is 10.6 Å². The van der Waals surface area contributed by atoms with Crippen LogP contribution in [0.4, 0.5) is 5.69 Å². The van der Waals surface area contributed by atoms with Crippen LogP contribution in [0, 0.1) is 0 Å². The highest BCUT2D eigenvalue weighted by Gasteiger charge is 2.33. The summed E-state index contributed by atoms with van der Waals surface area (Å²) in [6.07, 6.45) is 0. The van der Waals surface area contributed by atoms with Crippen molar-refractivity contribution in [2.45, 2.75) is 4.90 Å². The summed E-state index contributed by atoms with van der Waals surface area (Å²) in [6.45, 7) is 0.824. The first-order chi connectivity index (χ1) is 14.3. The minimum atomic E-state index is -3.43. The molecule has 0 aliphatic carbocycles. The Balaban J connectivity index is 1.32. The standard InChI is InChI=1S/C19H18N4O5S2/c24-14-4-1-12(2-5-14)17(25)20-7-8-21-18(26)13-3-6-15-16(11-13)29-19-22-30(27,28)10-9-23(15)19/h1-6,11,24H,7-10H2,(H,20,25)(H,21,26). The quantitative estimate of drug-likeness (QED) is 0.588. The van der Waals surface area contributed by atoms with Crippen LogP contribution in [0.3, 0.4) is 0 Å². The van der Waals surface area contributed by atoms with Gasteiger partial charge in [-0.05, 0) is 54.2 Å². The third-order valence-corrected chi connectivity index (χ3v) is 6.87. The van der Waals surface area contributed by atoms with Crippen LogP contribution < -0.4 is 15.5 Å². The van der Waals surface area contributed by atoms with Crippen molar-refractivity contribution in [3.63, 3.8) is 0 Å². The maximum absolute atomic E-state index is 12.4. The number of amides is 2. The predicted molar refractivity (Wildman–Crippen MR) is 114 cm³/mol. The molecule has 2 amide bonds. The molecule has 0 radical (unpaired) electrons. The summed E-state index contributed by atoms with van der Waals surface area (Å²) in [5.74, 6) is -0.549. The van der Waals surface area contributed by atoms with Crippen LogP contribution in [0.1, 0.15) is 20.7 Å². The lowest BCUT2D eigenvalue weighted by molar-refractivity contribution is 0.0927. The molecule has 0 atom stereocenters. The molecule has 156 valence electrons. The van der Waals surface area contributed by atoms with Gasteiger partial charge in [0.05, 0.1) is 11.4 Å². The Kier molecular flexibility index (Phi) is 5.39. The zero-order valence-corrected chi connectivity index (χ0v) is 17.3. The number of carbonyl (C=O) groups is 2. The molecule has 4 rings (SSSR count). The van der Waals surface area contributed by atoms with Gasteiger partial charge in [-0.2, -0.15) is 0 Å². The van der Waals surface area contributed by atoms with Gasteiger partial charge in [0.2, 0.25) is 0 Å². The van der Waals surface area contributed by atoms with Crippen molar-refractivity contribution in [2.75, 3.05) is 30.3 Å². The molecular weight excluding hydrogens is 428 g/mol. The van der Waals surface area contributed by atoms with E-state index in [0.717, 1.165) is 10.6 Å². The van der Waals surface area contributed by atoms with Crippen molar-refractivity contribution >= 4 is 44.5 Å². The Morgan fingerprint density at radius 3 is 2.37 bits per heavy atom. The number of nitrogens with zero attached hydrogens (tertiary/aromatic N) is 2. The van der Waals surface area contributed by atoms with E-state index in [1.807, 2.05) is 4.90 Å². The lowest BCUT2D eigenvalue weighted by Gasteiger charge is -2.22. The van der Waals surface area contributed by atoms with Crippen LogP contribution >= 0.6 is 11.8 Å². The van der Waals surface area contributed by atoms with E-state index in [-0.39, 0.29) is 36.4 Å². The summed E-state index contributed by atoms with van der Waals surface area (Å²) < 4.78 is 27.2. The largest absolute Gasteiger partial charge is 0.508 e. The highest BCUT2D eigenvalue weighted by molar-refractivity contribution is 8.15. The van der Waals surface area contributed by atoms with E-state index in [0.29, 0.717) is 22.8 Å². The van der Waals surface area contributed by atoms with E-state index in [9.17, 15) is 23.1 Å². The average Bonchev–Trinajstić information content (AvgIpc) is 3.06. The van der Waals surface area contributed by atoms with Crippen molar-refractivity contribution in [3.8, 4) is 5.75 Å². The van der Waals surface area contributed by atoms with Gasteiger partial charge in [-0.15, -0.1) is 4.40 Å². The van der Waals surface area contributed by atoms with Crippen molar-refractivity contribution in [2.24, 2.45) is 4.40 Å². The van der Waals surface area contributed by atoms with Gasteiger partial charge in [-0.3, -0.25) is 9.59 Å². The number of phenols is 1. The van der Waals surface area contributed by atoms with Crippen LogP contribution in [0.5, 0.6) is 5.75 Å². The molecule has 2 aromatic carbocycles. The average molecular weight is 447 g/mol. The first kappa shape index (κ1) is 20.2. The molecule has 2 aliphatic heterocycles. The Labute approximate surface area is 177 Å². The zero-order valence-electron chi connectivity index (χ0n) is 15.7. The molecule has 0 spiro atoms. The maximum atomic E-state index is 12.4. The van der Waals surface area contributed by atoms with E-state index >= 15 is 0 Å². The topological polar surface area (TPSA) is 128 Å². The minimum Gasteiger partial charge on any atom is -0.508 e. The number of sulfonamides is 1. The summed E-state index contributed by atoms with van der Waals surface area (Å²) in [5, 5.41) is 15.1. The fourth-order valence-electron chi connectivity index (χ4n) is 3.04. The summed E-state index contributed by atoms with van der Waals surface area (Å²) >= 11 is 1.23. The second-order valence-electron chi connectivity index (χ2n) is 6.65. The number of carbonyl (C=O) groups excluding carboxylic acids is 2. The molecule has 0 bridgehead atoms. The molecule has 30 heavy (non-hydrogen) atoms. The van der Waals surface area contributed by atoms with Crippen LogP contribution in [-0.2, 0) is 10.0 Å². The van der Waals surface area contributed by atoms with Gasteiger partial charge in [0, 0.05) is 35.7 Å². The molecule has 9 nitrogen and oxygen atoms in total. The van der Waals surface area contributed by atoms with Crippen molar-refractivity contribution < 1.29 is 23.1 Å². The fraction of sp³-hybridized carbons (Fsp3) is 0.211. The summed E-state index contributed by atoms with van der Waals surface area (Å²) in [7, 11) is -3.43. The first-order valence-corrected chi connectivity index (χ1v) is 11.5. The number of phenolic OH excluding ortho intramolecular Hbond substituents is 1. The number of nitrogens with one attached hydrogen (secondary N) is 2. The van der Waals surface area contributed by atoms with E-state index in [4.69, 9.17) is 0 Å². The van der Waals surface area contributed by atoms with Gasteiger partial charge >= 0.3 is 0 Å². The van der Waals surface area contributed by atoms with Crippen molar-refractivity contribution in [1.29, 1.82) is 0 Å². The summed E-state index contributed by atoms with van der Waals surface area (Å²) in [5.41, 5.74) is 1.69. The Morgan fingerprint density at radius 1 is 1.03 bits per heavy atom. The van der Waals surface area contributed by atoms with Crippen LogP contribution in [0.25, 0.3) is 0 Å². The number of aromatic hydroxyl groups is 1. The molecule has 11 heteroatoms. The van der Waals surface area contributed by atoms with Crippen LogP contribution in [0.15, 0.2) is 51.8 Å². The summed E-state index contributed by atoms with van der Waals surface area (Å²) in [4.78, 5) is 27.0. The van der Waals surface area contributed by atoms with Gasteiger partial charge < -0.3 is 20.6 Å². The number of thioether (sulfide) groups is 1. The number of amidine groups is 1. The second kappa shape index (κ2) is 8.00. The molecule has 2 aromatic rings. The van der Waals surface area contributed by atoms with Gasteiger partial charge in [-0.1, -0.05) is 0 Å². The fourth-order valence-corrected chi connectivity index (χ4v) is 5.34. The highest BCUT2D eigenvalue weighted by atomic mass is 32.2. The van der Waals surface area contributed by atoms with Crippen LogP contribution in [0.2, 0.25) is 0 Å². The lowest BCUT2D eigenvalue weighted by Crippen LogP contribution is -2.35. The molecule has 0 aromatic heterocycles. The number of rotatable bonds is 5. The third kappa shape index (κ3) is 4.26. The normalized spacial score (nSPS) is 16.3. The minimum absolute atomic E-state index is 0.0331. The number of hydrogen-bond donors (Lipinski definition) is 3. The van der Waals surface area contributed by atoms with E-state index in [2.05, 4.69) is 15.0 Å². The smallest absolute Gasteiger partial charge is 0.257 e. The molecule has 0 saturated heterocycles. The molecule has 0 unspecified atom stereocenters. The molecule has 3 N–H and O–H groups in total. The van der Waals surface area contributed by atoms with Gasteiger partial charge in [-0.25, -0.2) is 8.42 Å². The monoisotopic (exact) mass is 446 g/mol. The van der Waals surface area contributed by atoms with E-state index < -0.39 is 10.0 Å².